The van der Waals surface area contributed by atoms with E-state index >= 15 is 0 Å². The number of rotatable bonds is 7. The van der Waals surface area contributed by atoms with E-state index in [2.05, 4.69) is 10.2 Å². The quantitative estimate of drug-likeness (QED) is 0.517. The smallest absolute Gasteiger partial charge is 0.111 e. The molecule has 0 bridgehead atoms. The molecular formula is C13H25N3O2. The first-order valence-corrected chi connectivity index (χ1v) is 6.39. The van der Waals surface area contributed by atoms with Crippen LogP contribution < -0.4 is 11.1 Å². The van der Waals surface area contributed by atoms with E-state index in [-0.39, 0.29) is 0 Å². The van der Waals surface area contributed by atoms with E-state index in [0.717, 1.165) is 38.2 Å². The van der Waals surface area contributed by atoms with Crippen LogP contribution >= 0.6 is 0 Å². The third-order valence-corrected chi connectivity index (χ3v) is 2.74. The van der Waals surface area contributed by atoms with Gasteiger partial charge in [-0.1, -0.05) is 0 Å². The van der Waals surface area contributed by atoms with Gasteiger partial charge in [0.2, 0.25) is 0 Å². The van der Waals surface area contributed by atoms with Gasteiger partial charge in [0.1, 0.15) is 6.61 Å². The standard InChI is InChI=1S/C13H25N3O2/c1-16(2)5-6-17-7-8-18-11-12-3-4-13(9-14)15-10-12/h9,11,15H,3-8,10,14H2,1-2H3/b12-11+,13-9-. The Kier molecular flexibility index (Phi) is 7.29. The number of nitrogens with one attached hydrogen (secondary N) is 1. The average Bonchev–Trinajstić information content (AvgIpc) is 2.38. The molecule has 1 aliphatic rings. The average molecular weight is 255 g/mol. The van der Waals surface area contributed by atoms with Gasteiger partial charge in [0.05, 0.1) is 19.5 Å². The van der Waals surface area contributed by atoms with Crippen molar-refractivity contribution in [3.63, 3.8) is 0 Å². The van der Waals surface area contributed by atoms with E-state index < -0.39 is 0 Å². The maximum absolute atomic E-state index is 5.46. The predicted octanol–water partition coefficient (Wildman–Crippen LogP) is 0.649. The van der Waals surface area contributed by atoms with Crippen LogP contribution in [-0.2, 0) is 9.47 Å². The van der Waals surface area contributed by atoms with Gasteiger partial charge in [0, 0.05) is 25.0 Å². The van der Waals surface area contributed by atoms with Gasteiger partial charge < -0.3 is 25.4 Å². The fourth-order valence-corrected chi connectivity index (χ4v) is 1.57. The van der Waals surface area contributed by atoms with Crippen molar-refractivity contribution in [2.75, 3.05) is 47.0 Å². The molecular weight excluding hydrogens is 230 g/mol. The molecule has 1 rings (SSSR count). The summed E-state index contributed by atoms with van der Waals surface area (Å²) >= 11 is 0. The molecule has 104 valence electrons. The first kappa shape index (κ1) is 14.9. The first-order valence-electron chi connectivity index (χ1n) is 6.39. The Morgan fingerprint density at radius 3 is 2.72 bits per heavy atom. The van der Waals surface area contributed by atoms with Crippen molar-refractivity contribution in [3.05, 3.63) is 23.7 Å². The monoisotopic (exact) mass is 255 g/mol. The zero-order chi connectivity index (χ0) is 13.2. The van der Waals surface area contributed by atoms with Gasteiger partial charge in [-0.25, -0.2) is 0 Å². The molecule has 0 aromatic rings. The summed E-state index contributed by atoms with van der Waals surface area (Å²) in [6.45, 7) is 3.76. The first-order chi connectivity index (χ1) is 8.72. The molecule has 0 aromatic heterocycles. The van der Waals surface area contributed by atoms with Crippen molar-refractivity contribution < 1.29 is 9.47 Å². The Balaban J connectivity index is 2.00. The minimum Gasteiger partial charge on any atom is -0.499 e. The lowest BCUT2D eigenvalue weighted by atomic mass is 10.1. The zero-order valence-electron chi connectivity index (χ0n) is 11.4. The molecule has 3 N–H and O–H groups in total. The van der Waals surface area contributed by atoms with Crippen LogP contribution in [0.1, 0.15) is 12.8 Å². The largest absolute Gasteiger partial charge is 0.499 e. The molecule has 0 radical (unpaired) electrons. The van der Waals surface area contributed by atoms with Crippen LogP contribution in [0.5, 0.6) is 0 Å². The fraction of sp³-hybridized carbons (Fsp3) is 0.692. The fourth-order valence-electron chi connectivity index (χ4n) is 1.57. The highest BCUT2D eigenvalue weighted by molar-refractivity contribution is 5.13. The topological polar surface area (TPSA) is 59.8 Å². The molecule has 0 saturated carbocycles. The second kappa shape index (κ2) is 8.83. The normalized spacial score (nSPS) is 20.4. The summed E-state index contributed by atoms with van der Waals surface area (Å²) in [5.74, 6) is 0. The molecule has 0 aromatic carbocycles. The van der Waals surface area contributed by atoms with Crippen molar-refractivity contribution in [2.45, 2.75) is 12.8 Å². The highest BCUT2D eigenvalue weighted by Crippen LogP contribution is 2.14. The summed E-state index contributed by atoms with van der Waals surface area (Å²) in [6, 6.07) is 0. The van der Waals surface area contributed by atoms with Crippen LogP contribution in [-0.4, -0.2) is 51.9 Å². The van der Waals surface area contributed by atoms with Crippen molar-refractivity contribution in [1.82, 2.24) is 10.2 Å². The van der Waals surface area contributed by atoms with Gasteiger partial charge in [-0.05, 0) is 32.5 Å². The SMILES string of the molecule is CN(C)CCOCCO/C=C1\CC/C(=C/N)NC1. The summed E-state index contributed by atoms with van der Waals surface area (Å²) in [7, 11) is 4.06. The summed E-state index contributed by atoms with van der Waals surface area (Å²) in [5.41, 5.74) is 7.83. The van der Waals surface area contributed by atoms with E-state index in [9.17, 15) is 0 Å². The van der Waals surface area contributed by atoms with Gasteiger partial charge in [0.15, 0.2) is 0 Å². The lowest BCUT2D eigenvalue weighted by molar-refractivity contribution is 0.0751. The molecule has 5 heteroatoms. The van der Waals surface area contributed by atoms with Gasteiger partial charge in [-0.15, -0.1) is 0 Å². The molecule has 0 unspecified atom stereocenters. The molecule has 0 amide bonds. The van der Waals surface area contributed by atoms with Crippen molar-refractivity contribution in [3.8, 4) is 0 Å². The molecule has 18 heavy (non-hydrogen) atoms. The Morgan fingerprint density at radius 2 is 2.11 bits per heavy atom. The third kappa shape index (κ3) is 6.51. The number of piperidine rings is 1. The Hall–Kier alpha value is -1.20. The minimum absolute atomic E-state index is 0.608. The highest BCUT2D eigenvalue weighted by atomic mass is 16.5. The Bertz CT molecular complexity index is 276. The van der Waals surface area contributed by atoms with Crippen LogP contribution in [0.25, 0.3) is 0 Å². The highest BCUT2D eigenvalue weighted by Gasteiger charge is 2.08. The van der Waals surface area contributed by atoms with E-state index in [1.165, 1.54) is 5.57 Å². The number of allylic oxidation sites excluding steroid dienone is 1. The van der Waals surface area contributed by atoms with E-state index in [1.54, 1.807) is 6.20 Å². The van der Waals surface area contributed by atoms with Crippen LogP contribution in [0.15, 0.2) is 23.7 Å². The maximum atomic E-state index is 5.46. The van der Waals surface area contributed by atoms with Crippen molar-refractivity contribution in [1.29, 1.82) is 0 Å². The Morgan fingerprint density at radius 1 is 1.28 bits per heavy atom. The zero-order valence-corrected chi connectivity index (χ0v) is 11.4. The summed E-state index contributed by atoms with van der Waals surface area (Å²) in [5, 5.41) is 3.24. The second-order valence-corrected chi connectivity index (χ2v) is 4.61. The van der Waals surface area contributed by atoms with Gasteiger partial charge in [-0.2, -0.15) is 0 Å². The number of hydrogen-bond donors (Lipinski definition) is 2. The van der Waals surface area contributed by atoms with Gasteiger partial charge >= 0.3 is 0 Å². The van der Waals surface area contributed by atoms with Crippen molar-refractivity contribution in [2.24, 2.45) is 5.73 Å². The molecule has 1 heterocycles. The number of ether oxygens (including phenoxy) is 2. The van der Waals surface area contributed by atoms with Crippen LogP contribution in [0.2, 0.25) is 0 Å². The number of nitrogens with two attached hydrogens (primary N) is 1. The predicted molar refractivity (Wildman–Crippen MR) is 72.9 cm³/mol. The number of nitrogens with zero attached hydrogens (tertiary/aromatic N) is 1. The molecule has 0 atom stereocenters. The van der Waals surface area contributed by atoms with E-state index in [4.69, 9.17) is 15.2 Å². The molecule has 0 aliphatic carbocycles. The van der Waals surface area contributed by atoms with Crippen LogP contribution in [0.3, 0.4) is 0 Å². The second-order valence-electron chi connectivity index (χ2n) is 4.61. The molecule has 0 spiro atoms. The van der Waals surface area contributed by atoms with E-state index in [0.29, 0.717) is 13.2 Å². The summed E-state index contributed by atoms with van der Waals surface area (Å²) < 4.78 is 10.9. The van der Waals surface area contributed by atoms with Gasteiger partial charge in [-0.3, -0.25) is 0 Å². The molecule has 5 nitrogen and oxygen atoms in total. The number of likely N-dealkylation sites (N-methyl/N-ethyl adjacent to an activating group) is 1. The van der Waals surface area contributed by atoms with Gasteiger partial charge in [0.25, 0.3) is 0 Å². The van der Waals surface area contributed by atoms with E-state index in [1.807, 2.05) is 20.4 Å². The number of hydrogen-bond acceptors (Lipinski definition) is 5. The summed E-state index contributed by atoms with van der Waals surface area (Å²) in [6.07, 6.45) is 5.45. The van der Waals surface area contributed by atoms with Crippen LogP contribution in [0.4, 0.5) is 0 Å². The molecule has 1 saturated heterocycles. The van der Waals surface area contributed by atoms with Crippen molar-refractivity contribution >= 4 is 0 Å². The molecule has 1 fully saturated rings. The Labute approximate surface area is 110 Å². The summed E-state index contributed by atoms with van der Waals surface area (Å²) in [4.78, 5) is 2.10. The van der Waals surface area contributed by atoms with Crippen LogP contribution in [0, 0.1) is 0 Å². The lowest BCUT2D eigenvalue weighted by Crippen LogP contribution is -2.23. The lowest BCUT2D eigenvalue weighted by Gasteiger charge is -2.19. The maximum Gasteiger partial charge on any atom is 0.111 e. The minimum atomic E-state index is 0.608. The third-order valence-electron chi connectivity index (χ3n) is 2.74. The molecule has 1 aliphatic heterocycles.